The van der Waals surface area contributed by atoms with E-state index in [9.17, 15) is 0 Å². The predicted octanol–water partition coefficient (Wildman–Crippen LogP) is 17.6. The van der Waals surface area contributed by atoms with E-state index in [1.807, 2.05) is 11.3 Å². The number of nitrogens with zero attached hydrogens (tertiary/aromatic N) is 1. The maximum absolute atomic E-state index is 7.28. The van der Waals surface area contributed by atoms with E-state index in [0.717, 1.165) is 62.1 Å². The second-order valence-corrected chi connectivity index (χ2v) is 24.7. The molecule has 0 amide bonds. The first-order chi connectivity index (χ1) is 35.8. The molecule has 1 spiro atoms. The van der Waals surface area contributed by atoms with Crippen LogP contribution in [0.5, 0.6) is 0 Å². The largest absolute Gasteiger partial charge is 0.454 e. The third-order valence-electron chi connectivity index (χ3n) is 17.6. The van der Waals surface area contributed by atoms with Gasteiger partial charge < -0.3 is 9.73 Å². The summed E-state index contributed by atoms with van der Waals surface area (Å²) in [5.74, 6) is 0. The number of hydrogen-bond acceptors (Lipinski definition) is 4. The molecule has 11 aromatic rings. The van der Waals surface area contributed by atoms with E-state index < -0.39 is 5.41 Å². The van der Waals surface area contributed by atoms with Crippen molar-refractivity contribution in [3.8, 4) is 33.4 Å². The summed E-state index contributed by atoms with van der Waals surface area (Å²) in [6, 6.07) is 68.7. The maximum Gasteiger partial charge on any atom is 0.200 e. The quantitative estimate of drug-likeness (QED) is 0.179. The zero-order chi connectivity index (χ0) is 50.0. The molecule has 1 radical (unpaired) electrons. The third-order valence-corrected chi connectivity index (χ3v) is 18.7. The number of rotatable bonds is 3. The van der Waals surface area contributed by atoms with Crippen LogP contribution in [0.4, 0.5) is 27.8 Å². The van der Waals surface area contributed by atoms with Crippen LogP contribution in [0.1, 0.15) is 100 Å². The summed E-state index contributed by atoms with van der Waals surface area (Å²) in [7, 11) is 2.53. The van der Waals surface area contributed by atoms with E-state index in [2.05, 4.69) is 248 Å². The van der Waals surface area contributed by atoms with Gasteiger partial charge in [0, 0.05) is 32.3 Å². The molecular formula is C69H56BN2OS. The molecule has 357 valence electrons. The summed E-state index contributed by atoms with van der Waals surface area (Å²) in [5, 5.41) is 8.88. The molecule has 74 heavy (non-hydrogen) atoms. The molecule has 0 saturated heterocycles. The predicted molar refractivity (Wildman–Crippen MR) is 314 cm³/mol. The van der Waals surface area contributed by atoms with Gasteiger partial charge in [-0.2, -0.15) is 0 Å². The minimum atomic E-state index is -0.543. The lowest BCUT2D eigenvalue weighted by atomic mass is 9.57. The van der Waals surface area contributed by atoms with Crippen molar-refractivity contribution in [2.24, 2.45) is 0 Å². The van der Waals surface area contributed by atoms with Crippen LogP contribution in [0.3, 0.4) is 0 Å². The second-order valence-electron chi connectivity index (χ2n) is 23.7. The van der Waals surface area contributed by atoms with Crippen molar-refractivity contribution in [3.63, 3.8) is 0 Å². The Balaban J connectivity index is 1.08. The molecule has 0 fully saturated rings. The fourth-order valence-electron chi connectivity index (χ4n) is 13.7. The molecule has 2 aliphatic carbocycles. The molecule has 2 aliphatic heterocycles. The van der Waals surface area contributed by atoms with Crippen molar-refractivity contribution in [2.75, 3.05) is 10.2 Å². The normalized spacial score (nSPS) is 16.2. The van der Waals surface area contributed by atoms with Gasteiger partial charge in [-0.05, 0) is 149 Å². The van der Waals surface area contributed by atoms with Crippen molar-refractivity contribution >= 4 is 89.3 Å². The number of fused-ring (bicyclic) bond motifs is 18. The maximum atomic E-state index is 7.28. The van der Waals surface area contributed by atoms with E-state index in [-0.39, 0.29) is 16.2 Å². The van der Waals surface area contributed by atoms with Crippen molar-refractivity contribution in [3.05, 3.63) is 221 Å². The SMILES string of the molecule is CC(C)(C)c1ccc(N2c3sc4cc5c(cc4c3[B]c3c(-c4cccc6c4Nc4ccccc4C64c6ccccc6-c6ccccc64)cc4c(oc6ccccc64)c32)C(C)(C)CCC5(C)C)c(-c2ccccc2)c1. The van der Waals surface area contributed by atoms with Gasteiger partial charge in [0.15, 0.2) is 12.9 Å². The Bertz CT molecular complexity index is 4160. The molecule has 5 heteroatoms. The van der Waals surface area contributed by atoms with E-state index in [4.69, 9.17) is 4.42 Å². The smallest absolute Gasteiger partial charge is 0.200 e. The molecule has 0 bridgehead atoms. The lowest BCUT2D eigenvalue weighted by Crippen LogP contribution is -2.40. The number of hydrogen-bond donors (Lipinski definition) is 1. The van der Waals surface area contributed by atoms with Crippen LogP contribution in [0.2, 0.25) is 0 Å². The Morgan fingerprint density at radius 3 is 1.91 bits per heavy atom. The van der Waals surface area contributed by atoms with Gasteiger partial charge in [-0.1, -0.05) is 188 Å². The van der Waals surface area contributed by atoms with Crippen LogP contribution in [-0.2, 0) is 21.7 Å². The van der Waals surface area contributed by atoms with Gasteiger partial charge in [0.25, 0.3) is 0 Å². The first-order valence-electron chi connectivity index (χ1n) is 26.5. The average Bonchev–Trinajstić information content (AvgIpc) is 4.10. The number of nitrogens with one attached hydrogen (secondary N) is 1. The summed E-state index contributed by atoms with van der Waals surface area (Å²) in [6.07, 6.45) is 2.32. The molecule has 15 rings (SSSR count). The molecule has 0 atom stereocenters. The topological polar surface area (TPSA) is 28.4 Å². The minimum Gasteiger partial charge on any atom is -0.454 e. The van der Waals surface area contributed by atoms with Gasteiger partial charge in [0.05, 0.1) is 27.5 Å². The Morgan fingerprint density at radius 1 is 0.527 bits per heavy atom. The average molecular weight is 972 g/mol. The second kappa shape index (κ2) is 15.2. The van der Waals surface area contributed by atoms with Crippen LogP contribution in [0.25, 0.3) is 65.4 Å². The zero-order valence-corrected chi connectivity index (χ0v) is 43.9. The lowest BCUT2D eigenvalue weighted by molar-refractivity contribution is 0.332. The van der Waals surface area contributed by atoms with Crippen molar-refractivity contribution in [1.82, 2.24) is 0 Å². The van der Waals surface area contributed by atoms with E-state index in [1.54, 1.807) is 0 Å². The third kappa shape index (κ3) is 5.96. The van der Waals surface area contributed by atoms with Gasteiger partial charge >= 0.3 is 0 Å². The molecule has 0 saturated carbocycles. The van der Waals surface area contributed by atoms with Crippen molar-refractivity contribution in [2.45, 2.75) is 83.0 Å². The number of anilines is 5. The highest BCUT2D eigenvalue weighted by Crippen LogP contribution is 2.62. The Morgan fingerprint density at radius 2 is 1.16 bits per heavy atom. The van der Waals surface area contributed by atoms with Crippen LogP contribution >= 0.6 is 11.3 Å². The first-order valence-corrected chi connectivity index (χ1v) is 27.3. The van der Waals surface area contributed by atoms with Crippen molar-refractivity contribution < 1.29 is 4.42 Å². The van der Waals surface area contributed by atoms with Crippen LogP contribution in [0, 0.1) is 0 Å². The van der Waals surface area contributed by atoms with Gasteiger partial charge in [-0.3, -0.25) is 4.90 Å². The highest BCUT2D eigenvalue weighted by atomic mass is 32.1. The number of furan rings is 1. The van der Waals surface area contributed by atoms with Crippen molar-refractivity contribution in [1.29, 1.82) is 0 Å². The van der Waals surface area contributed by atoms with Crippen LogP contribution in [0.15, 0.2) is 186 Å². The Labute approximate surface area is 438 Å². The van der Waals surface area contributed by atoms with E-state index in [0.29, 0.717) is 0 Å². The highest BCUT2D eigenvalue weighted by Gasteiger charge is 2.51. The monoisotopic (exact) mass is 971 g/mol. The minimum absolute atomic E-state index is 0.0491. The van der Waals surface area contributed by atoms with E-state index >= 15 is 0 Å². The molecule has 9 aromatic carbocycles. The standard InChI is InChI=1S/C69H56BN2OS/c1-66(2,3)41-32-33-57(46(36-41)40-20-9-8-10-21-40)72-63-60(70-61-49-38-54-55(39-59(49)74-65(61)72)68(6,7)35-34-67(54,4)5)47(37-48-44-24-13-18-31-58(44)73-64(48)63)45-25-19-29-53-62(45)71-56-30-17-16-28-52(56)69(53)50-26-14-11-22-42(50)43-23-12-15-27-51(43)69/h8-33,36-39,71H,34-35H2,1-7H3. The van der Waals surface area contributed by atoms with Crippen LogP contribution < -0.4 is 21.1 Å². The molecule has 4 heterocycles. The number of thiophene rings is 1. The zero-order valence-electron chi connectivity index (χ0n) is 43.1. The number of benzene rings is 9. The Kier molecular flexibility index (Phi) is 9.05. The molecular weight excluding hydrogens is 916 g/mol. The summed E-state index contributed by atoms with van der Waals surface area (Å²) < 4.78 is 8.60. The van der Waals surface area contributed by atoms with Gasteiger partial charge in [-0.15, -0.1) is 11.3 Å². The summed E-state index contributed by atoms with van der Waals surface area (Å²) in [6.45, 7) is 16.8. The molecule has 1 N–H and O–H groups in total. The lowest BCUT2D eigenvalue weighted by Gasteiger charge is -2.42. The molecule has 4 aliphatic rings. The first kappa shape index (κ1) is 43.9. The molecule has 3 nitrogen and oxygen atoms in total. The molecule has 2 aromatic heterocycles. The summed E-state index contributed by atoms with van der Waals surface area (Å²) in [5.41, 5.74) is 24.9. The van der Waals surface area contributed by atoms with Gasteiger partial charge in [0.1, 0.15) is 5.58 Å². The fourth-order valence-corrected chi connectivity index (χ4v) is 14.9. The summed E-state index contributed by atoms with van der Waals surface area (Å²) >= 11 is 1.93. The van der Waals surface area contributed by atoms with Crippen LogP contribution in [-0.4, -0.2) is 7.28 Å². The van der Waals surface area contributed by atoms with E-state index in [1.165, 1.54) is 93.7 Å². The Hall–Kier alpha value is -7.60. The highest BCUT2D eigenvalue weighted by molar-refractivity contribution is 7.25. The number of para-hydroxylation sites is 3. The summed E-state index contributed by atoms with van der Waals surface area (Å²) in [4.78, 5) is 2.61. The van der Waals surface area contributed by atoms with Gasteiger partial charge in [0.2, 0.25) is 0 Å². The fraction of sp³-hybridized carbons (Fsp3) is 0.188. The van der Waals surface area contributed by atoms with Gasteiger partial charge in [-0.25, -0.2) is 0 Å². The molecule has 0 unspecified atom stereocenters.